The molecule has 0 unspecified atom stereocenters. The molecule has 1 aliphatic rings. The number of nitrogens with one attached hydrogen (secondary N) is 1. The van der Waals surface area contributed by atoms with Crippen LogP contribution in [0.1, 0.15) is 24.1 Å². The van der Waals surface area contributed by atoms with Crippen LogP contribution in [0, 0.1) is 0 Å². The fraction of sp³-hybridized carbons (Fsp3) is 0.333. The van der Waals surface area contributed by atoms with E-state index in [0.29, 0.717) is 19.0 Å². The summed E-state index contributed by atoms with van der Waals surface area (Å²) in [5.41, 5.74) is 8.64. The van der Waals surface area contributed by atoms with E-state index in [0.717, 1.165) is 34.7 Å². The van der Waals surface area contributed by atoms with Crippen molar-refractivity contribution in [3.05, 3.63) is 40.9 Å². The Labute approximate surface area is 122 Å². The van der Waals surface area contributed by atoms with Gasteiger partial charge in [-0.2, -0.15) is 0 Å². The molecule has 0 radical (unpaired) electrons. The van der Waals surface area contributed by atoms with E-state index in [1.807, 2.05) is 29.6 Å². The molecule has 1 aromatic heterocycles. The van der Waals surface area contributed by atoms with Gasteiger partial charge in [-0.25, -0.2) is 4.98 Å². The minimum absolute atomic E-state index is 0.0695. The number of carbonyl (C=O) groups excluding carboxylic acids is 1. The summed E-state index contributed by atoms with van der Waals surface area (Å²) in [7, 11) is 0. The number of rotatable bonds is 5. The van der Waals surface area contributed by atoms with Gasteiger partial charge in [0.25, 0.3) is 0 Å². The first-order chi connectivity index (χ1) is 9.74. The molecule has 0 aliphatic heterocycles. The molecular weight excluding hydrogens is 270 g/mol. The first-order valence-corrected chi connectivity index (χ1v) is 7.65. The van der Waals surface area contributed by atoms with Crippen LogP contribution in [0.3, 0.4) is 0 Å². The maximum absolute atomic E-state index is 11.7. The number of benzene rings is 1. The van der Waals surface area contributed by atoms with Crippen LogP contribution >= 0.6 is 11.3 Å². The van der Waals surface area contributed by atoms with Crippen LogP contribution in [-0.4, -0.2) is 16.9 Å². The number of amides is 1. The van der Waals surface area contributed by atoms with Crippen molar-refractivity contribution in [1.82, 2.24) is 10.3 Å². The molecule has 0 atom stereocenters. The van der Waals surface area contributed by atoms with Crippen LogP contribution in [0.25, 0.3) is 10.6 Å². The van der Waals surface area contributed by atoms with Gasteiger partial charge in [0, 0.05) is 23.5 Å². The van der Waals surface area contributed by atoms with E-state index in [1.165, 1.54) is 0 Å². The van der Waals surface area contributed by atoms with Crippen molar-refractivity contribution in [2.24, 2.45) is 5.73 Å². The average molecular weight is 287 g/mol. The highest BCUT2D eigenvalue weighted by Crippen LogP contribution is 2.25. The summed E-state index contributed by atoms with van der Waals surface area (Å²) in [5, 5.41) is 5.87. The van der Waals surface area contributed by atoms with E-state index in [9.17, 15) is 4.79 Å². The highest BCUT2D eigenvalue weighted by atomic mass is 32.1. The summed E-state index contributed by atoms with van der Waals surface area (Å²) in [5.74, 6) is 0.0695. The van der Waals surface area contributed by atoms with Crippen LogP contribution in [0.5, 0.6) is 0 Å². The standard InChI is InChI=1S/C15H17N3OS/c16-8-10-2-1-3-11(6-10)15-18-13(9-20-15)7-14(19)17-12-4-5-12/h1-3,6,9,12H,4-5,7-8,16H2,(H,17,19). The SMILES string of the molecule is NCc1cccc(-c2nc(CC(=O)NC3CC3)cs2)c1. The van der Waals surface area contributed by atoms with Gasteiger partial charge in [0.2, 0.25) is 5.91 Å². The second-order valence-electron chi connectivity index (χ2n) is 5.07. The van der Waals surface area contributed by atoms with Crippen LogP contribution in [0.2, 0.25) is 0 Å². The first kappa shape index (κ1) is 13.3. The van der Waals surface area contributed by atoms with Crippen LogP contribution in [0.15, 0.2) is 29.6 Å². The summed E-state index contributed by atoms with van der Waals surface area (Å²) in [4.78, 5) is 16.3. The Hall–Kier alpha value is -1.72. The number of nitrogens with two attached hydrogens (primary N) is 1. The van der Waals surface area contributed by atoms with Crippen LogP contribution < -0.4 is 11.1 Å². The number of aromatic nitrogens is 1. The van der Waals surface area contributed by atoms with Gasteiger partial charge in [0.1, 0.15) is 5.01 Å². The van der Waals surface area contributed by atoms with E-state index in [-0.39, 0.29) is 5.91 Å². The van der Waals surface area contributed by atoms with E-state index in [2.05, 4.69) is 10.3 Å². The fourth-order valence-electron chi connectivity index (χ4n) is 2.02. The molecular formula is C15H17N3OS. The third-order valence-corrected chi connectivity index (χ3v) is 4.19. The smallest absolute Gasteiger partial charge is 0.226 e. The summed E-state index contributed by atoms with van der Waals surface area (Å²) in [6, 6.07) is 8.46. The van der Waals surface area contributed by atoms with Crippen LogP contribution in [-0.2, 0) is 17.8 Å². The van der Waals surface area contributed by atoms with Gasteiger partial charge in [0.15, 0.2) is 0 Å². The molecule has 5 heteroatoms. The Morgan fingerprint density at radius 1 is 1.45 bits per heavy atom. The lowest BCUT2D eigenvalue weighted by Gasteiger charge is -2.01. The normalized spacial score (nSPS) is 14.2. The third-order valence-electron chi connectivity index (χ3n) is 3.25. The Morgan fingerprint density at radius 3 is 3.05 bits per heavy atom. The summed E-state index contributed by atoms with van der Waals surface area (Å²) < 4.78 is 0. The molecule has 1 saturated carbocycles. The highest BCUT2D eigenvalue weighted by Gasteiger charge is 2.23. The number of hydrogen-bond donors (Lipinski definition) is 2. The number of hydrogen-bond acceptors (Lipinski definition) is 4. The van der Waals surface area contributed by atoms with Gasteiger partial charge in [-0.1, -0.05) is 18.2 Å². The largest absolute Gasteiger partial charge is 0.353 e. The van der Waals surface area contributed by atoms with Gasteiger partial charge in [-0.3, -0.25) is 4.79 Å². The molecule has 0 saturated heterocycles. The summed E-state index contributed by atoms with van der Waals surface area (Å²) >= 11 is 1.57. The maximum atomic E-state index is 11.7. The first-order valence-electron chi connectivity index (χ1n) is 6.78. The molecule has 20 heavy (non-hydrogen) atoms. The quantitative estimate of drug-likeness (QED) is 0.885. The van der Waals surface area contributed by atoms with Crippen molar-refractivity contribution in [1.29, 1.82) is 0 Å². The average Bonchev–Trinajstić information content (AvgIpc) is 3.14. The van der Waals surface area contributed by atoms with Gasteiger partial charge in [0.05, 0.1) is 12.1 Å². The van der Waals surface area contributed by atoms with Crippen molar-refractivity contribution >= 4 is 17.2 Å². The van der Waals surface area contributed by atoms with Crippen molar-refractivity contribution in [3.8, 4) is 10.6 Å². The molecule has 1 fully saturated rings. The molecule has 0 bridgehead atoms. The highest BCUT2D eigenvalue weighted by molar-refractivity contribution is 7.13. The predicted molar refractivity (Wildman–Crippen MR) is 80.3 cm³/mol. The zero-order chi connectivity index (χ0) is 13.9. The maximum Gasteiger partial charge on any atom is 0.226 e. The molecule has 4 nitrogen and oxygen atoms in total. The predicted octanol–water partition coefficient (Wildman–Crippen LogP) is 2.09. The Balaban J connectivity index is 1.70. The molecule has 0 spiro atoms. The van der Waals surface area contributed by atoms with Gasteiger partial charge < -0.3 is 11.1 Å². The molecule has 1 aromatic carbocycles. The van der Waals surface area contributed by atoms with Crippen molar-refractivity contribution in [2.75, 3.05) is 0 Å². The second kappa shape index (κ2) is 5.73. The second-order valence-corrected chi connectivity index (χ2v) is 5.93. The topological polar surface area (TPSA) is 68.0 Å². The van der Waals surface area contributed by atoms with E-state index in [4.69, 9.17) is 5.73 Å². The van der Waals surface area contributed by atoms with Gasteiger partial charge >= 0.3 is 0 Å². The molecule has 1 heterocycles. The van der Waals surface area contributed by atoms with Crippen molar-refractivity contribution < 1.29 is 4.79 Å². The Kier molecular flexibility index (Phi) is 3.80. The van der Waals surface area contributed by atoms with Crippen LogP contribution in [0.4, 0.5) is 0 Å². The van der Waals surface area contributed by atoms with Gasteiger partial charge in [-0.05, 0) is 24.5 Å². The van der Waals surface area contributed by atoms with Gasteiger partial charge in [-0.15, -0.1) is 11.3 Å². The lowest BCUT2D eigenvalue weighted by Crippen LogP contribution is -2.27. The molecule has 3 rings (SSSR count). The van der Waals surface area contributed by atoms with E-state index < -0.39 is 0 Å². The number of thiazole rings is 1. The number of carbonyl (C=O) groups is 1. The third kappa shape index (κ3) is 3.23. The zero-order valence-electron chi connectivity index (χ0n) is 11.1. The minimum atomic E-state index is 0.0695. The van der Waals surface area contributed by atoms with Crippen molar-refractivity contribution in [3.63, 3.8) is 0 Å². The lowest BCUT2D eigenvalue weighted by atomic mass is 10.1. The molecule has 2 aromatic rings. The summed E-state index contributed by atoms with van der Waals surface area (Å²) in [6.45, 7) is 0.524. The zero-order valence-corrected chi connectivity index (χ0v) is 12.0. The molecule has 104 valence electrons. The molecule has 1 amide bonds. The van der Waals surface area contributed by atoms with E-state index in [1.54, 1.807) is 11.3 Å². The lowest BCUT2D eigenvalue weighted by molar-refractivity contribution is -0.120. The molecule has 3 N–H and O–H groups in total. The minimum Gasteiger partial charge on any atom is -0.353 e. The summed E-state index contributed by atoms with van der Waals surface area (Å²) in [6.07, 6.45) is 2.59. The van der Waals surface area contributed by atoms with E-state index >= 15 is 0 Å². The molecule has 1 aliphatic carbocycles. The monoisotopic (exact) mass is 287 g/mol. The Morgan fingerprint density at radius 2 is 2.30 bits per heavy atom. The van der Waals surface area contributed by atoms with Crippen molar-refractivity contribution in [2.45, 2.75) is 31.8 Å². The number of nitrogens with zero attached hydrogens (tertiary/aromatic N) is 1. The Bertz CT molecular complexity index is 619. The fourth-order valence-corrected chi connectivity index (χ4v) is 2.84.